The summed E-state index contributed by atoms with van der Waals surface area (Å²) in [5.74, 6) is -0.831. The van der Waals surface area contributed by atoms with Crippen molar-refractivity contribution in [3.8, 4) is 0 Å². The Kier molecular flexibility index (Phi) is 6.54. The van der Waals surface area contributed by atoms with Gasteiger partial charge >= 0.3 is 12.0 Å². The Labute approximate surface area is 109 Å². The van der Waals surface area contributed by atoms with Crippen molar-refractivity contribution in [2.24, 2.45) is 0 Å². The van der Waals surface area contributed by atoms with Crippen LogP contribution in [0.5, 0.6) is 0 Å². The predicted octanol–water partition coefficient (Wildman–Crippen LogP) is 2.22. The average Bonchev–Trinajstić information content (AvgIpc) is 2.76. The number of carbonyl (C=O) groups excluding carboxylic acids is 1. The van der Waals surface area contributed by atoms with E-state index >= 15 is 0 Å². The van der Waals surface area contributed by atoms with Crippen molar-refractivity contribution in [1.82, 2.24) is 10.2 Å². The van der Waals surface area contributed by atoms with Gasteiger partial charge in [-0.15, -0.1) is 0 Å². The molecule has 1 fully saturated rings. The molecule has 1 atom stereocenters. The lowest BCUT2D eigenvalue weighted by Gasteiger charge is -2.23. The number of amides is 2. The Hall–Kier alpha value is -1.26. The van der Waals surface area contributed by atoms with E-state index in [0.29, 0.717) is 13.1 Å². The van der Waals surface area contributed by atoms with Gasteiger partial charge in [0.25, 0.3) is 0 Å². The third-order valence-electron chi connectivity index (χ3n) is 3.35. The molecule has 0 radical (unpaired) electrons. The summed E-state index contributed by atoms with van der Waals surface area (Å²) in [5.41, 5.74) is 0. The zero-order chi connectivity index (χ0) is 13.4. The summed E-state index contributed by atoms with van der Waals surface area (Å²) in [6.45, 7) is 3.52. The van der Waals surface area contributed by atoms with E-state index in [4.69, 9.17) is 5.11 Å². The first-order chi connectivity index (χ1) is 8.65. The summed E-state index contributed by atoms with van der Waals surface area (Å²) >= 11 is 0. The van der Waals surface area contributed by atoms with Gasteiger partial charge in [0, 0.05) is 19.1 Å². The van der Waals surface area contributed by atoms with E-state index in [1.807, 2.05) is 0 Å². The molecular weight excluding hydrogens is 232 g/mol. The summed E-state index contributed by atoms with van der Waals surface area (Å²) in [5, 5.41) is 11.7. The highest BCUT2D eigenvalue weighted by atomic mass is 16.4. The SMILES string of the molecule is CCCCCCNC(=O)N1CCCC1CC(=O)O. The molecule has 0 aromatic carbocycles. The maximum absolute atomic E-state index is 11.9. The second-order valence-electron chi connectivity index (χ2n) is 4.88. The van der Waals surface area contributed by atoms with Crippen LogP contribution in [0.3, 0.4) is 0 Å². The van der Waals surface area contributed by atoms with Gasteiger partial charge in [0.05, 0.1) is 6.42 Å². The van der Waals surface area contributed by atoms with Gasteiger partial charge in [-0.2, -0.15) is 0 Å². The van der Waals surface area contributed by atoms with Crippen LogP contribution in [-0.2, 0) is 4.79 Å². The number of carbonyl (C=O) groups is 2. The van der Waals surface area contributed by atoms with Crippen LogP contribution in [0, 0.1) is 0 Å². The number of carboxylic acid groups (broad SMARTS) is 1. The molecule has 5 nitrogen and oxygen atoms in total. The molecule has 18 heavy (non-hydrogen) atoms. The van der Waals surface area contributed by atoms with Crippen molar-refractivity contribution < 1.29 is 14.7 Å². The predicted molar refractivity (Wildman–Crippen MR) is 69.5 cm³/mol. The largest absolute Gasteiger partial charge is 0.481 e. The molecule has 104 valence electrons. The molecule has 1 heterocycles. The first-order valence-electron chi connectivity index (χ1n) is 6.91. The molecule has 0 bridgehead atoms. The quantitative estimate of drug-likeness (QED) is 0.686. The summed E-state index contributed by atoms with van der Waals surface area (Å²) in [6.07, 6.45) is 6.27. The number of rotatable bonds is 7. The Morgan fingerprint density at radius 3 is 2.78 bits per heavy atom. The number of hydrogen-bond acceptors (Lipinski definition) is 2. The van der Waals surface area contributed by atoms with Gasteiger partial charge in [0.1, 0.15) is 0 Å². The lowest BCUT2D eigenvalue weighted by atomic mass is 10.1. The second kappa shape index (κ2) is 7.95. The number of urea groups is 1. The van der Waals surface area contributed by atoms with Crippen LogP contribution in [-0.4, -0.2) is 41.1 Å². The van der Waals surface area contributed by atoms with Gasteiger partial charge in [-0.3, -0.25) is 4.79 Å². The Morgan fingerprint density at radius 1 is 1.33 bits per heavy atom. The molecule has 0 aromatic heterocycles. The van der Waals surface area contributed by atoms with Crippen molar-refractivity contribution in [1.29, 1.82) is 0 Å². The van der Waals surface area contributed by atoms with Gasteiger partial charge in [-0.05, 0) is 19.3 Å². The fourth-order valence-corrected chi connectivity index (χ4v) is 2.37. The van der Waals surface area contributed by atoms with Crippen LogP contribution < -0.4 is 5.32 Å². The first-order valence-corrected chi connectivity index (χ1v) is 6.91. The summed E-state index contributed by atoms with van der Waals surface area (Å²) < 4.78 is 0. The van der Waals surface area contributed by atoms with E-state index < -0.39 is 5.97 Å². The van der Waals surface area contributed by atoms with Crippen molar-refractivity contribution in [3.63, 3.8) is 0 Å². The lowest BCUT2D eigenvalue weighted by molar-refractivity contribution is -0.137. The first kappa shape index (κ1) is 14.8. The maximum Gasteiger partial charge on any atom is 0.317 e. The second-order valence-corrected chi connectivity index (χ2v) is 4.88. The van der Waals surface area contributed by atoms with Crippen molar-refractivity contribution >= 4 is 12.0 Å². The number of carboxylic acids is 1. The zero-order valence-electron chi connectivity index (χ0n) is 11.2. The molecule has 1 aliphatic rings. The van der Waals surface area contributed by atoms with Crippen molar-refractivity contribution in [3.05, 3.63) is 0 Å². The minimum absolute atomic E-state index is 0.0588. The highest BCUT2D eigenvalue weighted by molar-refractivity contribution is 5.76. The highest BCUT2D eigenvalue weighted by Gasteiger charge is 2.29. The fourth-order valence-electron chi connectivity index (χ4n) is 2.37. The van der Waals surface area contributed by atoms with Gasteiger partial charge in [0.15, 0.2) is 0 Å². The van der Waals surface area contributed by atoms with Crippen molar-refractivity contribution in [2.45, 2.75) is 57.9 Å². The summed E-state index contributed by atoms with van der Waals surface area (Å²) in [6, 6.07) is -0.228. The highest BCUT2D eigenvalue weighted by Crippen LogP contribution is 2.19. The molecule has 5 heteroatoms. The van der Waals surface area contributed by atoms with Gasteiger partial charge < -0.3 is 15.3 Å². The number of hydrogen-bond donors (Lipinski definition) is 2. The Bertz CT molecular complexity index is 281. The Morgan fingerprint density at radius 2 is 2.11 bits per heavy atom. The molecule has 1 unspecified atom stereocenters. The molecule has 1 saturated heterocycles. The van der Waals surface area contributed by atoms with Crippen LogP contribution >= 0.6 is 0 Å². The van der Waals surface area contributed by atoms with E-state index in [1.165, 1.54) is 12.8 Å². The zero-order valence-corrected chi connectivity index (χ0v) is 11.2. The minimum atomic E-state index is -0.831. The average molecular weight is 256 g/mol. The van der Waals surface area contributed by atoms with Gasteiger partial charge in [-0.1, -0.05) is 26.2 Å². The van der Waals surface area contributed by atoms with Gasteiger partial charge in [0.2, 0.25) is 0 Å². The molecule has 1 rings (SSSR count). The molecule has 0 aromatic rings. The lowest BCUT2D eigenvalue weighted by Crippen LogP contribution is -2.43. The fraction of sp³-hybridized carbons (Fsp3) is 0.846. The maximum atomic E-state index is 11.9. The molecule has 0 aliphatic carbocycles. The minimum Gasteiger partial charge on any atom is -0.481 e. The van der Waals surface area contributed by atoms with Crippen LogP contribution in [0.4, 0.5) is 4.79 Å². The van der Waals surface area contributed by atoms with Crippen molar-refractivity contribution in [2.75, 3.05) is 13.1 Å². The van der Waals surface area contributed by atoms with Crippen LogP contribution in [0.15, 0.2) is 0 Å². The normalized spacial score (nSPS) is 18.9. The number of nitrogens with one attached hydrogen (secondary N) is 1. The van der Waals surface area contributed by atoms with E-state index in [9.17, 15) is 9.59 Å². The number of aliphatic carboxylic acids is 1. The van der Waals surface area contributed by atoms with Gasteiger partial charge in [-0.25, -0.2) is 4.79 Å². The number of likely N-dealkylation sites (tertiary alicyclic amines) is 1. The van der Waals surface area contributed by atoms with E-state index in [0.717, 1.165) is 25.7 Å². The van der Waals surface area contributed by atoms with E-state index in [1.54, 1.807) is 4.90 Å². The Balaban J connectivity index is 2.25. The summed E-state index contributed by atoms with van der Waals surface area (Å²) in [7, 11) is 0. The molecule has 0 spiro atoms. The monoisotopic (exact) mass is 256 g/mol. The topological polar surface area (TPSA) is 69.6 Å². The molecular formula is C13H24N2O3. The number of nitrogens with zero attached hydrogens (tertiary/aromatic N) is 1. The van der Waals surface area contributed by atoms with Crippen LogP contribution in [0.2, 0.25) is 0 Å². The molecule has 0 saturated carbocycles. The molecule has 2 N–H and O–H groups in total. The third-order valence-corrected chi connectivity index (χ3v) is 3.35. The molecule has 2 amide bonds. The van der Waals surface area contributed by atoms with E-state index in [-0.39, 0.29) is 18.5 Å². The third kappa shape index (κ3) is 4.94. The number of unbranched alkanes of at least 4 members (excludes halogenated alkanes) is 3. The summed E-state index contributed by atoms with van der Waals surface area (Å²) in [4.78, 5) is 24.3. The molecule has 1 aliphatic heterocycles. The van der Waals surface area contributed by atoms with Crippen LogP contribution in [0.25, 0.3) is 0 Å². The van der Waals surface area contributed by atoms with E-state index in [2.05, 4.69) is 12.2 Å². The smallest absolute Gasteiger partial charge is 0.317 e. The van der Waals surface area contributed by atoms with Crippen LogP contribution in [0.1, 0.15) is 51.9 Å². The standard InChI is InChI=1S/C13H24N2O3/c1-2-3-4-5-8-14-13(18)15-9-6-7-11(15)10-12(16)17/h11H,2-10H2,1H3,(H,14,18)(H,16,17).